The molecular formula is C31H31BrClF2NO. The van der Waals surface area contributed by atoms with Gasteiger partial charge in [-0.15, -0.1) is 0 Å². The summed E-state index contributed by atoms with van der Waals surface area (Å²) in [5.41, 5.74) is 3.88. The molecule has 0 radical (unpaired) electrons. The Balaban J connectivity index is 1.39. The van der Waals surface area contributed by atoms with Crippen LogP contribution in [0.5, 0.6) is 0 Å². The van der Waals surface area contributed by atoms with Crippen LogP contribution in [0.15, 0.2) is 65.1 Å². The maximum Gasteiger partial charge on any atom is 0.166 e. The molecule has 1 fully saturated rings. The van der Waals surface area contributed by atoms with Crippen molar-refractivity contribution in [2.24, 2.45) is 11.3 Å². The lowest BCUT2D eigenvalue weighted by Crippen LogP contribution is -2.46. The molecular weight excluding hydrogens is 556 g/mol. The van der Waals surface area contributed by atoms with E-state index in [1.807, 2.05) is 43.3 Å². The van der Waals surface area contributed by atoms with Gasteiger partial charge in [0.2, 0.25) is 0 Å². The van der Waals surface area contributed by atoms with Crippen LogP contribution in [0, 0.1) is 23.0 Å². The molecule has 194 valence electrons. The highest BCUT2D eigenvalue weighted by molar-refractivity contribution is 9.10. The molecule has 2 nitrogen and oxygen atoms in total. The minimum atomic E-state index is -0.819. The number of benzene rings is 3. The lowest BCUT2D eigenvalue weighted by Gasteiger charge is -2.47. The maximum atomic E-state index is 14.1. The molecule has 0 saturated carbocycles. The topological polar surface area (TPSA) is 20.3 Å². The predicted octanol–water partition coefficient (Wildman–Crippen LogP) is 8.60. The zero-order chi connectivity index (χ0) is 26.2. The predicted molar refractivity (Wildman–Crippen MR) is 148 cm³/mol. The molecule has 2 unspecified atom stereocenters. The number of carbonyl (C=O) groups excluding carboxylic acids is 1. The van der Waals surface area contributed by atoms with Crippen LogP contribution in [-0.4, -0.2) is 23.8 Å². The van der Waals surface area contributed by atoms with Crippen molar-refractivity contribution in [2.75, 3.05) is 13.1 Å². The van der Waals surface area contributed by atoms with Crippen LogP contribution < -0.4 is 0 Å². The van der Waals surface area contributed by atoms with Crippen LogP contribution in [0.3, 0.4) is 0 Å². The highest BCUT2D eigenvalue weighted by atomic mass is 79.9. The Morgan fingerprint density at radius 3 is 2.43 bits per heavy atom. The highest BCUT2D eigenvalue weighted by Gasteiger charge is 2.46. The van der Waals surface area contributed by atoms with E-state index in [1.54, 1.807) is 6.07 Å². The zero-order valence-corrected chi connectivity index (χ0v) is 23.3. The summed E-state index contributed by atoms with van der Waals surface area (Å²) in [5.74, 6) is -1.43. The number of likely N-dealkylation sites (tertiary alicyclic amines) is 1. The van der Waals surface area contributed by atoms with Gasteiger partial charge < -0.3 is 0 Å². The number of hydrogen-bond acceptors (Lipinski definition) is 2. The number of nitrogens with zero attached hydrogens (tertiary/aromatic N) is 1. The lowest BCUT2D eigenvalue weighted by atomic mass is 9.63. The largest absolute Gasteiger partial charge is 0.297 e. The number of ketones is 1. The standard InChI is InChI=1S/C31H31BrClF2NO/c1-20(22-5-11-28(34)29(35)19-22)36-16-14-31(15-17-36)13-12-23-18-24(32)6-9-26(23)30(37)27(31)10-4-21-2-7-25(33)8-3-21/h2-3,5-9,11,18-20,27H,4,10,12-17H2,1H3. The van der Waals surface area contributed by atoms with Gasteiger partial charge in [-0.25, -0.2) is 8.78 Å². The van der Waals surface area contributed by atoms with Crippen LogP contribution >= 0.6 is 27.5 Å². The quantitative estimate of drug-likeness (QED) is 0.298. The number of hydrogen-bond donors (Lipinski definition) is 0. The van der Waals surface area contributed by atoms with Gasteiger partial charge in [-0.3, -0.25) is 9.69 Å². The molecule has 1 aliphatic carbocycles. The normalized spacial score (nSPS) is 20.5. The van der Waals surface area contributed by atoms with E-state index in [2.05, 4.69) is 26.9 Å². The van der Waals surface area contributed by atoms with Gasteiger partial charge in [0.05, 0.1) is 0 Å². The van der Waals surface area contributed by atoms with Crippen molar-refractivity contribution < 1.29 is 13.6 Å². The molecule has 0 amide bonds. The summed E-state index contributed by atoms with van der Waals surface area (Å²) in [7, 11) is 0. The molecule has 1 aliphatic heterocycles. The summed E-state index contributed by atoms with van der Waals surface area (Å²) in [6.07, 6.45) is 5.31. The number of piperidine rings is 1. The van der Waals surface area contributed by atoms with Crippen LogP contribution in [0.4, 0.5) is 8.78 Å². The van der Waals surface area contributed by atoms with Crippen molar-refractivity contribution in [3.8, 4) is 0 Å². The van der Waals surface area contributed by atoms with Crippen molar-refractivity contribution in [1.29, 1.82) is 0 Å². The fraction of sp³-hybridized carbons (Fsp3) is 0.387. The van der Waals surface area contributed by atoms with Crippen LogP contribution in [0.25, 0.3) is 0 Å². The van der Waals surface area contributed by atoms with E-state index in [4.69, 9.17) is 11.6 Å². The Kier molecular flexibility index (Phi) is 7.86. The fourth-order valence-electron chi connectivity index (χ4n) is 6.37. The smallest absolute Gasteiger partial charge is 0.166 e. The van der Waals surface area contributed by atoms with E-state index in [0.29, 0.717) is 5.02 Å². The molecule has 1 saturated heterocycles. The summed E-state index contributed by atoms with van der Waals surface area (Å²) in [5, 5.41) is 0.716. The zero-order valence-electron chi connectivity index (χ0n) is 21.0. The second-order valence-electron chi connectivity index (χ2n) is 10.6. The van der Waals surface area contributed by atoms with Crippen molar-refractivity contribution in [2.45, 2.75) is 51.5 Å². The first-order valence-electron chi connectivity index (χ1n) is 13.0. The third kappa shape index (κ3) is 5.55. The molecule has 1 heterocycles. The van der Waals surface area contributed by atoms with Gasteiger partial charge in [0.1, 0.15) is 0 Å². The Bertz CT molecular complexity index is 1290. The molecule has 0 N–H and O–H groups in total. The van der Waals surface area contributed by atoms with E-state index >= 15 is 0 Å². The van der Waals surface area contributed by atoms with Gasteiger partial charge in [-0.1, -0.05) is 51.8 Å². The summed E-state index contributed by atoms with van der Waals surface area (Å²) in [6, 6.07) is 18.1. The molecule has 37 heavy (non-hydrogen) atoms. The van der Waals surface area contributed by atoms with Crippen molar-refractivity contribution >= 4 is 33.3 Å². The van der Waals surface area contributed by atoms with E-state index in [0.717, 1.165) is 72.8 Å². The first kappa shape index (κ1) is 26.5. The monoisotopic (exact) mass is 585 g/mol. The number of aryl methyl sites for hydroxylation is 2. The van der Waals surface area contributed by atoms with Crippen LogP contribution in [0.1, 0.15) is 65.7 Å². The Morgan fingerprint density at radius 2 is 1.73 bits per heavy atom. The molecule has 0 bridgehead atoms. The van der Waals surface area contributed by atoms with Crippen molar-refractivity contribution in [1.82, 2.24) is 4.90 Å². The Labute approximate surface area is 231 Å². The minimum absolute atomic E-state index is 0.0189. The van der Waals surface area contributed by atoms with Gasteiger partial charge in [0, 0.05) is 27.0 Å². The maximum absolute atomic E-state index is 14.1. The first-order valence-corrected chi connectivity index (χ1v) is 14.2. The highest BCUT2D eigenvalue weighted by Crippen LogP contribution is 2.49. The third-order valence-electron chi connectivity index (χ3n) is 8.68. The summed E-state index contributed by atoms with van der Waals surface area (Å²) < 4.78 is 28.4. The van der Waals surface area contributed by atoms with Crippen molar-refractivity contribution in [3.05, 3.63) is 104 Å². The van der Waals surface area contributed by atoms with E-state index in [1.165, 1.54) is 17.7 Å². The number of carbonyl (C=O) groups is 1. The second-order valence-corrected chi connectivity index (χ2v) is 12.0. The third-order valence-corrected chi connectivity index (χ3v) is 9.43. The van der Waals surface area contributed by atoms with Gasteiger partial charge in [-0.05, 0) is 117 Å². The summed E-state index contributed by atoms with van der Waals surface area (Å²) >= 11 is 9.67. The van der Waals surface area contributed by atoms with Crippen molar-refractivity contribution in [3.63, 3.8) is 0 Å². The van der Waals surface area contributed by atoms with E-state index < -0.39 is 11.6 Å². The van der Waals surface area contributed by atoms with Gasteiger partial charge in [-0.2, -0.15) is 0 Å². The van der Waals surface area contributed by atoms with E-state index in [-0.39, 0.29) is 23.2 Å². The van der Waals surface area contributed by atoms with Crippen LogP contribution in [0.2, 0.25) is 5.02 Å². The van der Waals surface area contributed by atoms with Gasteiger partial charge in [0.15, 0.2) is 17.4 Å². The Morgan fingerprint density at radius 1 is 1.00 bits per heavy atom. The fourth-order valence-corrected chi connectivity index (χ4v) is 6.91. The second kappa shape index (κ2) is 11.0. The summed E-state index contributed by atoms with van der Waals surface area (Å²) in [6.45, 7) is 3.70. The molecule has 1 spiro atoms. The average Bonchev–Trinajstić information content (AvgIpc) is 3.00. The minimum Gasteiger partial charge on any atom is -0.297 e. The van der Waals surface area contributed by atoms with Gasteiger partial charge in [0.25, 0.3) is 0 Å². The van der Waals surface area contributed by atoms with E-state index in [9.17, 15) is 13.6 Å². The molecule has 6 heteroatoms. The first-order chi connectivity index (χ1) is 17.8. The molecule has 2 atom stereocenters. The lowest BCUT2D eigenvalue weighted by molar-refractivity contribution is 0.0231. The van der Waals surface area contributed by atoms with Gasteiger partial charge >= 0.3 is 0 Å². The average molecular weight is 587 g/mol. The Hall–Kier alpha value is -2.08. The SMILES string of the molecule is CC(c1ccc(F)c(F)c1)N1CCC2(CCc3cc(Br)ccc3C(=O)C2CCc2ccc(Cl)cc2)CC1. The molecule has 3 aromatic rings. The number of rotatable bonds is 5. The molecule has 5 rings (SSSR count). The molecule has 2 aliphatic rings. The molecule has 0 aromatic heterocycles. The number of halogens is 4. The molecule has 3 aromatic carbocycles. The summed E-state index contributed by atoms with van der Waals surface area (Å²) in [4.78, 5) is 16.4. The number of fused-ring (bicyclic) bond motifs is 1. The van der Waals surface area contributed by atoms with Crippen LogP contribution in [-0.2, 0) is 12.8 Å². The number of Topliss-reactive ketones (excluding diaryl/α,β-unsaturated/α-hetero) is 1.